The van der Waals surface area contributed by atoms with Crippen molar-refractivity contribution in [3.05, 3.63) is 12.4 Å². The lowest BCUT2D eigenvalue weighted by molar-refractivity contribution is -0.137. The van der Waals surface area contributed by atoms with E-state index in [2.05, 4.69) is 43.1 Å². The maximum atomic E-state index is 10.2. The van der Waals surface area contributed by atoms with Crippen LogP contribution in [0.25, 0.3) is 0 Å². The molecule has 24 heavy (non-hydrogen) atoms. The molecule has 0 saturated carbocycles. The van der Waals surface area contributed by atoms with Crippen LogP contribution in [0.4, 0.5) is 0 Å². The van der Waals surface area contributed by atoms with Gasteiger partial charge in [0.1, 0.15) is 0 Å². The summed E-state index contributed by atoms with van der Waals surface area (Å²) in [5, 5.41) is 8.41. The van der Waals surface area contributed by atoms with Crippen LogP contribution >= 0.6 is 0 Å². The number of unbranched alkanes of at least 4 members (excludes halogenated alkanes) is 9. The van der Waals surface area contributed by atoms with Gasteiger partial charge in [-0.05, 0) is 12.8 Å². The van der Waals surface area contributed by atoms with Crippen molar-refractivity contribution in [2.75, 3.05) is 20.3 Å². The molecule has 1 rings (SSSR count). The number of hydrogen-bond donors (Lipinski definition) is 1. The summed E-state index contributed by atoms with van der Waals surface area (Å²) < 4.78 is 0. The van der Waals surface area contributed by atoms with Gasteiger partial charge in [-0.25, -0.2) is 0 Å². The molecule has 0 aliphatic carbocycles. The van der Waals surface area contributed by atoms with Crippen LogP contribution in [0.5, 0.6) is 0 Å². The third-order valence-electron chi connectivity index (χ3n) is 4.23. The molecule has 1 aliphatic heterocycles. The van der Waals surface area contributed by atoms with Crippen LogP contribution in [-0.4, -0.2) is 41.1 Å². The fourth-order valence-corrected chi connectivity index (χ4v) is 2.68. The van der Waals surface area contributed by atoms with Gasteiger partial charge in [0.25, 0.3) is 0 Å². The summed E-state index contributed by atoms with van der Waals surface area (Å²) in [7, 11) is 2.10. The summed E-state index contributed by atoms with van der Waals surface area (Å²) in [6.07, 6.45) is 18.4. The smallest absolute Gasteiger partial charge is 0.303 e. The maximum Gasteiger partial charge on any atom is 0.303 e. The molecule has 142 valence electrons. The Balaban J connectivity index is 0.000000463. The largest absolute Gasteiger partial charge is 0.481 e. The van der Waals surface area contributed by atoms with Crippen LogP contribution in [0.2, 0.25) is 0 Å². The lowest BCUT2D eigenvalue weighted by Crippen LogP contribution is -2.23. The number of nitrogens with zero attached hydrogens (tertiary/aromatic N) is 2. The Kier molecular flexibility index (Phi) is 15.8. The number of aliphatic carboxylic acids is 1. The fraction of sp³-hybridized carbons (Fsp3) is 0.850. The second kappa shape index (κ2) is 16.7. The summed E-state index contributed by atoms with van der Waals surface area (Å²) >= 11 is 0. The highest BCUT2D eigenvalue weighted by Crippen LogP contribution is 2.10. The standard InChI is InChI=1S/C12H24O2.C8H16N2/c1-2-3-4-5-6-7-8-9-10-11-12(13)14;1-3-4-5-10-7-6-9(2)8-10/h2-11H2,1H3,(H,13,14);6-7H,3-5,8H2,1-2H3. The highest BCUT2D eigenvalue weighted by atomic mass is 16.4. The number of hydrogen-bond acceptors (Lipinski definition) is 3. The van der Waals surface area contributed by atoms with Gasteiger partial charge in [-0.3, -0.25) is 4.79 Å². The minimum absolute atomic E-state index is 0.343. The Hall–Kier alpha value is -1.19. The molecule has 1 heterocycles. The van der Waals surface area contributed by atoms with Gasteiger partial charge >= 0.3 is 5.97 Å². The van der Waals surface area contributed by atoms with Crippen LogP contribution in [-0.2, 0) is 4.79 Å². The van der Waals surface area contributed by atoms with E-state index in [1.165, 1.54) is 64.3 Å². The van der Waals surface area contributed by atoms with E-state index >= 15 is 0 Å². The van der Waals surface area contributed by atoms with Gasteiger partial charge in [0.15, 0.2) is 0 Å². The van der Waals surface area contributed by atoms with E-state index < -0.39 is 5.97 Å². The van der Waals surface area contributed by atoms with Gasteiger partial charge in [-0.1, -0.05) is 71.6 Å². The summed E-state index contributed by atoms with van der Waals surface area (Å²) in [6.45, 7) is 6.73. The van der Waals surface area contributed by atoms with Crippen molar-refractivity contribution in [2.24, 2.45) is 0 Å². The average molecular weight is 341 g/mol. The number of rotatable bonds is 13. The molecule has 4 heteroatoms. The molecule has 0 spiro atoms. The van der Waals surface area contributed by atoms with Gasteiger partial charge in [-0.2, -0.15) is 0 Å². The predicted molar refractivity (Wildman–Crippen MR) is 103 cm³/mol. The van der Waals surface area contributed by atoms with E-state index in [9.17, 15) is 4.79 Å². The molecule has 0 atom stereocenters. The van der Waals surface area contributed by atoms with Crippen molar-refractivity contribution in [2.45, 2.75) is 90.9 Å². The molecule has 1 aliphatic rings. The summed E-state index contributed by atoms with van der Waals surface area (Å²) in [5.74, 6) is -0.659. The zero-order valence-electron chi connectivity index (χ0n) is 16.3. The van der Waals surface area contributed by atoms with Crippen LogP contribution in [0.1, 0.15) is 90.9 Å². The molecular weight excluding hydrogens is 300 g/mol. The molecule has 0 bridgehead atoms. The zero-order chi connectivity index (χ0) is 18.0. The highest BCUT2D eigenvalue weighted by molar-refractivity contribution is 5.66. The molecule has 0 aromatic rings. The van der Waals surface area contributed by atoms with Crippen LogP contribution in [0.15, 0.2) is 12.4 Å². The van der Waals surface area contributed by atoms with E-state index in [0.29, 0.717) is 6.42 Å². The first-order chi connectivity index (χ1) is 11.6. The second-order valence-electron chi connectivity index (χ2n) is 6.83. The first kappa shape index (κ1) is 22.8. The van der Waals surface area contributed by atoms with Crippen molar-refractivity contribution >= 4 is 5.97 Å². The minimum atomic E-state index is -0.659. The first-order valence-corrected chi connectivity index (χ1v) is 9.94. The second-order valence-corrected chi connectivity index (χ2v) is 6.83. The third-order valence-corrected chi connectivity index (χ3v) is 4.23. The van der Waals surface area contributed by atoms with E-state index in [1.807, 2.05) is 0 Å². The molecule has 0 saturated heterocycles. The van der Waals surface area contributed by atoms with Crippen molar-refractivity contribution in [1.29, 1.82) is 0 Å². The van der Waals surface area contributed by atoms with Crippen LogP contribution < -0.4 is 0 Å². The lowest BCUT2D eigenvalue weighted by atomic mass is 10.1. The molecule has 4 nitrogen and oxygen atoms in total. The lowest BCUT2D eigenvalue weighted by Gasteiger charge is -2.17. The van der Waals surface area contributed by atoms with E-state index in [1.54, 1.807) is 0 Å². The average Bonchev–Trinajstić information content (AvgIpc) is 2.97. The molecular formula is C20H40N2O2. The Morgan fingerprint density at radius 2 is 1.42 bits per heavy atom. The molecule has 0 unspecified atom stereocenters. The van der Waals surface area contributed by atoms with Gasteiger partial charge < -0.3 is 14.9 Å². The summed E-state index contributed by atoms with van der Waals surface area (Å²) in [6, 6.07) is 0. The topological polar surface area (TPSA) is 43.8 Å². The molecule has 0 amide bonds. The van der Waals surface area contributed by atoms with Gasteiger partial charge in [0, 0.05) is 32.4 Å². The number of carboxylic acids is 1. The molecule has 0 aromatic heterocycles. The third kappa shape index (κ3) is 15.7. The zero-order valence-corrected chi connectivity index (χ0v) is 16.3. The maximum absolute atomic E-state index is 10.2. The molecule has 0 fully saturated rings. The highest BCUT2D eigenvalue weighted by Gasteiger charge is 2.05. The van der Waals surface area contributed by atoms with Crippen LogP contribution in [0.3, 0.4) is 0 Å². The van der Waals surface area contributed by atoms with Gasteiger partial charge in [-0.15, -0.1) is 0 Å². The quantitative estimate of drug-likeness (QED) is 0.452. The van der Waals surface area contributed by atoms with Crippen molar-refractivity contribution in [3.63, 3.8) is 0 Å². The molecule has 0 aromatic carbocycles. The first-order valence-electron chi connectivity index (χ1n) is 9.94. The molecule has 1 N–H and O–H groups in total. The Bertz CT molecular complexity index is 319. The Labute approximate surface area is 149 Å². The Morgan fingerprint density at radius 1 is 0.875 bits per heavy atom. The molecule has 0 radical (unpaired) electrons. The van der Waals surface area contributed by atoms with Crippen LogP contribution in [0, 0.1) is 0 Å². The van der Waals surface area contributed by atoms with Gasteiger partial charge in [0.2, 0.25) is 0 Å². The minimum Gasteiger partial charge on any atom is -0.481 e. The Morgan fingerprint density at radius 3 is 1.88 bits per heavy atom. The SMILES string of the molecule is CCCCCCCCCCCC(=O)O.CCCCN1C=CN(C)C1. The van der Waals surface area contributed by atoms with E-state index in [4.69, 9.17) is 5.11 Å². The van der Waals surface area contributed by atoms with E-state index in [0.717, 1.165) is 19.5 Å². The monoisotopic (exact) mass is 340 g/mol. The van der Waals surface area contributed by atoms with E-state index in [-0.39, 0.29) is 0 Å². The number of carboxylic acid groups (broad SMARTS) is 1. The fourth-order valence-electron chi connectivity index (χ4n) is 2.68. The van der Waals surface area contributed by atoms with Crippen molar-refractivity contribution < 1.29 is 9.90 Å². The van der Waals surface area contributed by atoms with Crippen molar-refractivity contribution in [3.8, 4) is 0 Å². The van der Waals surface area contributed by atoms with Gasteiger partial charge in [0.05, 0.1) is 6.67 Å². The summed E-state index contributed by atoms with van der Waals surface area (Å²) in [4.78, 5) is 14.7. The summed E-state index contributed by atoms with van der Waals surface area (Å²) in [5.41, 5.74) is 0. The number of carbonyl (C=O) groups is 1. The van der Waals surface area contributed by atoms with Crippen molar-refractivity contribution in [1.82, 2.24) is 9.80 Å². The normalized spacial score (nSPS) is 13.1. The predicted octanol–water partition coefficient (Wildman–Crippen LogP) is 5.45.